The molecule has 0 saturated carbocycles. The van der Waals surface area contributed by atoms with Gasteiger partial charge in [-0.2, -0.15) is 0 Å². The van der Waals surface area contributed by atoms with E-state index in [2.05, 4.69) is 5.32 Å². The third kappa shape index (κ3) is 4.08. The van der Waals surface area contributed by atoms with Crippen LogP contribution in [-0.2, 0) is 13.0 Å². The number of fused-ring (bicyclic) bond motifs is 1. The molecule has 0 aliphatic carbocycles. The molecule has 0 atom stereocenters. The van der Waals surface area contributed by atoms with E-state index >= 15 is 0 Å². The second kappa shape index (κ2) is 7.66. The van der Waals surface area contributed by atoms with E-state index in [4.69, 9.17) is 4.42 Å². The first-order valence-electron chi connectivity index (χ1n) is 8.32. The van der Waals surface area contributed by atoms with Crippen molar-refractivity contribution in [2.45, 2.75) is 13.0 Å². The molecule has 0 spiro atoms. The lowest BCUT2D eigenvalue weighted by Crippen LogP contribution is -2.27. The van der Waals surface area contributed by atoms with Crippen molar-refractivity contribution in [3.05, 3.63) is 71.0 Å². The van der Waals surface area contributed by atoms with Gasteiger partial charge < -0.3 is 14.6 Å². The second-order valence-electron chi connectivity index (χ2n) is 6.43. The molecule has 3 aromatic rings. The second-order valence-corrected chi connectivity index (χ2v) is 6.43. The van der Waals surface area contributed by atoms with E-state index in [-0.39, 0.29) is 18.2 Å². The van der Waals surface area contributed by atoms with Gasteiger partial charge in [-0.05, 0) is 44.3 Å². The van der Waals surface area contributed by atoms with Crippen LogP contribution < -0.4 is 5.32 Å². The summed E-state index contributed by atoms with van der Waals surface area (Å²) in [6.45, 7) is 0.815. The van der Waals surface area contributed by atoms with E-state index in [1.165, 1.54) is 12.1 Å². The average molecular weight is 358 g/mol. The van der Waals surface area contributed by atoms with Crippen LogP contribution in [0.4, 0.5) is 8.78 Å². The van der Waals surface area contributed by atoms with E-state index in [0.717, 1.165) is 17.0 Å². The summed E-state index contributed by atoms with van der Waals surface area (Å²) in [5.41, 5.74) is 1.96. The number of hydrogen-bond acceptors (Lipinski definition) is 3. The lowest BCUT2D eigenvalue weighted by Gasteiger charge is -2.10. The Hall–Kier alpha value is -2.73. The Balaban J connectivity index is 1.75. The first-order valence-corrected chi connectivity index (χ1v) is 8.32. The highest BCUT2D eigenvalue weighted by Crippen LogP contribution is 2.26. The van der Waals surface area contributed by atoms with Crippen LogP contribution in [0.15, 0.2) is 46.9 Å². The van der Waals surface area contributed by atoms with Gasteiger partial charge in [-0.1, -0.05) is 18.2 Å². The molecule has 6 heteroatoms. The van der Waals surface area contributed by atoms with Crippen LogP contribution in [-0.4, -0.2) is 31.4 Å². The number of hydrogen-bond donors (Lipinski definition) is 1. The highest BCUT2D eigenvalue weighted by molar-refractivity contribution is 5.99. The van der Waals surface area contributed by atoms with Gasteiger partial charge in [0.1, 0.15) is 17.2 Å². The number of amides is 1. The van der Waals surface area contributed by atoms with Crippen molar-refractivity contribution in [3.8, 4) is 0 Å². The molecule has 26 heavy (non-hydrogen) atoms. The predicted octanol–water partition coefficient (Wildman–Crippen LogP) is 3.75. The average Bonchev–Trinajstić information content (AvgIpc) is 2.92. The quantitative estimate of drug-likeness (QED) is 0.730. The number of benzene rings is 2. The molecule has 1 aromatic heterocycles. The van der Waals surface area contributed by atoms with Crippen LogP contribution in [0.25, 0.3) is 11.0 Å². The number of nitrogens with zero attached hydrogens (tertiary/aromatic N) is 1. The standard InChI is InChI=1S/C20H20F2N2O2/c1-24(2)12-17-16-5-3-4-6-18(16)26-19(17)20(25)23-8-7-13-9-14(21)11-15(22)10-13/h3-6,9-11H,7-8,12H2,1-2H3,(H,23,25). The van der Waals surface area contributed by atoms with E-state index in [0.29, 0.717) is 24.1 Å². The van der Waals surface area contributed by atoms with Gasteiger partial charge in [0.25, 0.3) is 5.91 Å². The zero-order valence-corrected chi connectivity index (χ0v) is 14.7. The minimum atomic E-state index is -0.628. The minimum Gasteiger partial charge on any atom is -0.451 e. The zero-order chi connectivity index (χ0) is 18.7. The largest absolute Gasteiger partial charge is 0.451 e. The van der Waals surface area contributed by atoms with Gasteiger partial charge in [0, 0.05) is 30.1 Å². The van der Waals surface area contributed by atoms with Gasteiger partial charge in [0.05, 0.1) is 0 Å². The lowest BCUT2D eigenvalue weighted by molar-refractivity contribution is 0.0926. The molecule has 0 aliphatic rings. The Morgan fingerprint density at radius 1 is 1.12 bits per heavy atom. The number of halogens is 2. The lowest BCUT2D eigenvalue weighted by atomic mass is 10.1. The van der Waals surface area contributed by atoms with E-state index in [9.17, 15) is 13.6 Å². The summed E-state index contributed by atoms with van der Waals surface area (Å²) in [7, 11) is 3.84. The summed E-state index contributed by atoms with van der Waals surface area (Å²) in [5, 5.41) is 3.67. The Labute approximate surface area is 150 Å². The summed E-state index contributed by atoms with van der Waals surface area (Å²) in [4.78, 5) is 14.5. The van der Waals surface area contributed by atoms with E-state index in [1.807, 2.05) is 43.3 Å². The summed E-state index contributed by atoms with van der Waals surface area (Å²) in [6.07, 6.45) is 0.323. The van der Waals surface area contributed by atoms with Crippen LogP contribution in [0.3, 0.4) is 0 Å². The maximum Gasteiger partial charge on any atom is 0.287 e. The van der Waals surface area contributed by atoms with Gasteiger partial charge in [-0.25, -0.2) is 8.78 Å². The van der Waals surface area contributed by atoms with Crippen molar-refractivity contribution in [2.75, 3.05) is 20.6 Å². The van der Waals surface area contributed by atoms with E-state index < -0.39 is 11.6 Å². The maximum atomic E-state index is 13.2. The number of carbonyl (C=O) groups excluding carboxylic acids is 1. The van der Waals surface area contributed by atoms with Gasteiger partial charge >= 0.3 is 0 Å². The minimum absolute atomic E-state index is 0.250. The fourth-order valence-electron chi connectivity index (χ4n) is 2.91. The van der Waals surface area contributed by atoms with Crippen molar-refractivity contribution >= 4 is 16.9 Å². The monoisotopic (exact) mass is 358 g/mol. The molecule has 1 N–H and O–H groups in total. The number of furan rings is 1. The molecule has 0 unspecified atom stereocenters. The van der Waals surface area contributed by atoms with Crippen molar-refractivity contribution < 1.29 is 18.0 Å². The number of nitrogens with one attached hydrogen (secondary N) is 1. The Kier molecular flexibility index (Phi) is 5.32. The van der Waals surface area contributed by atoms with Gasteiger partial charge in [0.2, 0.25) is 0 Å². The number of para-hydroxylation sites is 1. The molecule has 0 aliphatic heterocycles. The third-order valence-electron chi connectivity index (χ3n) is 4.00. The first kappa shape index (κ1) is 18.1. The Morgan fingerprint density at radius 2 is 1.81 bits per heavy atom. The topological polar surface area (TPSA) is 45.5 Å². The SMILES string of the molecule is CN(C)Cc1c(C(=O)NCCc2cc(F)cc(F)c2)oc2ccccc12. The molecule has 0 radical (unpaired) electrons. The molecular formula is C20H20F2N2O2. The molecule has 3 rings (SSSR count). The summed E-state index contributed by atoms with van der Waals surface area (Å²) in [6, 6.07) is 10.8. The van der Waals surface area contributed by atoms with Gasteiger partial charge in [-0.3, -0.25) is 4.79 Å². The molecule has 4 nitrogen and oxygen atoms in total. The summed E-state index contributed by atoms with van der Waals surface area (Å²) in [5.74, 6) is -1.32. The molecule has 0 fully saturated rings. The van der Waals surface area contributed by atoms with E-state index in [1.54, 1.807) is 0 Å². The molecule has 2 aromatic carbocycles. The zero-order valence-electron chi connectivity index (χ0n) is 14.7. The Morgan fingerprint density at radius 3 is 2.50 bits per heavy atom. The molecule has 0 saturated heterocycles. The molecule has 136 valence electrons. The van der Waals surface area contributed by atoms with Crippen molar-refractivity contribution in [1.82, 2.24) is 10.2 Å². The molecule has 1 heterocycles. The van der Waals surface area contributed by atoms with Gasteiger partial charge in [0.15, 0.2) is 5.76 Å². The highest BCUT2D eigenvalue weighted by atomic mass is 19.1. The fraction of sp³-hybridized carbons (Fsp3) is 0.250. The van der Waals surface area contributed by atoms with Crippen LogP contribution in [0.2, 0.25) is 0 Å². The smallest absolute Gasteiger partial charge is 0.287 e. The van der Waals surface area contributed by atoms with Crippen molar-refractivity contribution in [3.63, 3.8) is 0 Å². The third-order valence-corrected chi connectivity index (χ3v) is 4.00. The normalized spacial score (nSPS) is 11.3. The number of carbonyl (C=O) groups is 1. The van der Waals surface area contributed by atoms with Crippen LogP contribution in [0, 0.1) is 11.6 Å². The summed E-state index contributed by atoms with van der Waals surface area (Å²) >= 11 is 0. The molecule has 0 bridgehead atoms. The van der Waals surface area contributed by atoms with Crippen LogP contribution >= 0.6 is 0 Å². The van der Waals surface area contributed by atoms with Crippen molar-refractivity contribution in [2.24, 2.45) is 0 Å². The molecule has 1 amide bonds. The van der Waals surface area contributed by atoms with Crippen LogP contribution in [0.1, 0.15) is 21.7 Å². The predicted molar refractivity (Wildman–Crippen MR) is 96.0 cm³/mol. The summed E-state index contributed by atoms with van der Waals surface area (Å²) < 4.78 is 32.2. The fourth-order valence-corrected chi connectivity index (χ4v) is 2.91. The maximum absolute atomic E-state index is 13.2. The van der Waals surface area contributed by atoms with Crippen molar-refractivity contribution in [1.29, 1.82) is 0 Å². The molecular weight excluding hydrogens is 338 g/mol. The van der Waals surface area contributed by atoms with Crippen LogP contribution in [0.5, 0.6) is 0 Å². The van der Waals surface area contributed by atoms with Gasteiger partial charge in [-0.15, -0.1) is 0 Å². The highest BCUT2D eigenvalue weighted by Gasteiger charge is 2.20. The number of rotatable bonds is 6. The first-order chi connectivity index (χ1) is 12.4. The Bertz CT molecular complexity index is 914.